The molecule has 0 aliphatic carbocycles. The van der Waals surface area contributed by atoms with Gasteiger partial charge in [0, 0.05) is 28.8 Å². The Balaban J connectivity index is 1.36. The highest BCUT2D eigenvalue weighted by atomic mass is 35.5. The van der Waals surface area contributed by atoms with E-state index in [1.165, 1.54) is 12.1 Å². The summed E-state index contributed by atoms with van der Waals surface area (Å²) in [5.74, 6) is -0.931. The molecule has 0 saturated carbocycles. The minimum absolute atomic E-state index is 0.0111. The Kier molecular flexibility index (Phi) is 6.35. The van der Waals surface area contributed by atoms with Crippen LogP contribution in [0.25, 0.3) is 0 Å². The maximum Gasteiger partial charge on any atom is 0.254 e. The van der Waals surface area contributed by atoms with Crippen LogP contribution in [-0.2, 0) is 4.79 Å². The largest absolute Gasteiger partial charge is 0.349 e. The van der Waals surface area contributed by atoms with Crippen molar-refractivity contribution in [3.05, 3.63) is 64.9 Å². The number of carbonyl (C=O) groups excluding carboxylic acids is 2. The van der Waals surface area contributed by atoms with Gasteiger partial charge in [-0.05, 0) is 62.1 Å². The summed E-state index contributed by atoms with van der Waals surface area (Å²) in [5, 5.41) is 6.56. The number of nitrogens with one attached hydrogen (secondary N) is 2. The normalized spacial score (nSPS) is 23.6. The summed E-state index contributed by atoms with van der Waals surface area (Å²) in [6.07, 6.45) is 4.65. The number of fused-ring (bicyclic) bond motifs is 2. The van der Waals surface area contributed by atoms with Crippen LogP contribution >= 0.6 is 11.6 Å². The van der Waals surface area contributed by atoms with Gasteiger partial charge in [0.25, 0.3) is 5.91 Å². The molecule has 2 amide bonds. The quantitative estimate of drug-likeness (QED) is 0.747. The van der Waals surface area contributed by atoms with Crippen LogP contribution in [0.4, 0.5) is 10.1 Å². The zero-order valence-corrected chi connectivity index (χ0v) is 17.4. The van der Waals surface area contributed by atoms with Crippen molar-refractivity contribution in [3.8, 4) is 0 Å². The number of hydrogen-bond donors (Lipinski definition) is 2. The van der Waals surface area contributed by atoms with Gasteiger partial charge in [0.05, 0.1) is 12.1 Å². The zero-order valence-electron chi connectivity index (χ0n) is 16.6. The predicted molar refractivity (Wildman–Crippen MR) is 115 cm³/mol. The average molecular weight is 430 g/mol. The van der Waals surface area contributed by atoms with Gasteiger partial charge in [0.2, 0.25) is 5.91 Å². The van der Waals surface area contributed by atoms with Gasteiger partial charge in [0.1, 0.15) is 5.82 Å². The van der Waals surface area contributed by atoms with Crippen LogP contribution in [0.3, 0.4) is 0 Å². The molecule has 2 unspecified atom stereocenters. The molecule has 2 N–H and O–H groups in total. The number of halogens is 2. The number of piperidine rings is 2. The number of hydrogen-bond acceptors (Lipinski definition) is 3. The Morgan fingerprint density at radius 3 is 2.37 bits per heavy atom. The fourth-order valence-corrected chi connectivity index (χ4v) is 4.79. The molecule has 2 atom stereocenters. The molecule has 2 heterocycles. The van der Waals surface area contributed by atoms with Crippen LogP contribution in [0.15, 0.2) is 48.5 Å². The Labute approximate surface area is 180 Å². The van der Waals surface area contributed by atoms with Crippen LogP contribution in [0.5, 0.6) is 0 Å². The molecule has 0 spiro atoms. The fraction of sp³-hybridized carbons (Fsp3) is 0.391. The van der Waals surface area contributed by atoms with Crippen molar-refractivity contribution in [2.45, 2.75) is 50.2 Å². The molecular weight excluding hydrogens is 405 g/mol. The summed E-state index contributed by atoms with van der Waals surface area (Å²) in [4.78, 5) is 27.3. The second-order valence-electron chi connectivity index (χ2n) is 8.09. The third-order valence-electron chi connectivity index (χ3n) is 6.03. The Morgan fingerprint density at radius 2 is 1.70 bits per heavy atom. The molecule has 2 aromatic rings. The molecular formula is C23H25ClFN3O2. The molecule has 5 nitrogen and oxygen atoms in total. The van der Waals surface area contributed by atoms with Crippen LogP contribution < -0.4 is 10.6 Å². The first-order chi connectivity index (χ1) is 14.5. The van der Waals surface area contributed by atoms with Crippen LogP contribution in [0, 0.1) is 5.82 Å². The van der Waals surface area contributed by atoms with Gasteiger partial charge in [-0.15, -0.1) is 0 Å². The van der Waals surface area contributed by atoms with E-state index in [0.29, 0.717) is 11.6 Å². The molecule has 30 heavy (non-hydrogen) atoms. The summed E-state index contributed by atoms with van der Waals surface area (Å²) in [6, 6.07) is 13.6. The monoisotopic (exact) mass is 429 g/mol. The van der Waals surface area contributed by atoms with Crippen molar-refractivity contribution in [1.29, 1.82) is 0 Å². The van der Waals surface area contributed by atoms with Gasteiger partial charge in [-0.2, -0.15) is 0 Å². The fourth-order valence-electron chi connectivity index (χ4n) is 4.66. The number of carbonyl (C=O) groups is 2. The SMILES string of the molecule is O=C(CN1C2CCCC1CC(NC(=O)c1ccccc1F)C2)Nc1ccc(Cl)cc1. The van der Waals surface area contributed by atoms with Gasteiger partial charge in [0.15, 0.2) is 0 Å². The number of nitrogens with zero attached hydrogens (tertiary/aromatic N) is 1. The van der Waals surface area contributed by atoms with E-state index in [0.717, 1.165) is 37.8 Å². The highest BCUT2D eigenvalue weighted by Gasteiger charge is 2.39. The van der Waals surface area contributed by atoms with Crippen molar-refractivity contribution in [1.82, 2.24) is 10.2 Å². The topological polar surface area (TPSA) is 61.4 Å². The number of benzene rings is 2. The lowest BCUT2D eigenvalue weighted by Gasteiger charge is -2.48. The molecule has 4 rings (SSSR count). The van der Waals surface area contributed by atoms with Crippen molar-refractivity contribution >= 4 is 29.1 Å². The number of rotatable bonds is 5. The van der Waals surface area contributed by atoms with E-state index in [2.05, 4.69) is 15.5 Å². The smallest absolute Gasteiger partial charge is 0.254 e. The van der Waals surface area contributed by atoms with Gasteiger partial charge in [-0.3, -0.25) is 14.5 Å². The molecule has 0 aromatic heterocycles. The van der Waals surface area contributed by atoms with Crippen molar-refractivity contribution in [2.24, 2.45) is 0 Å². The molecule has 7 heteroatoms. The Morgan fingerprint density at radius 1 is 1.03 bits per heavy atom. The minimum Gasteiger partial charge on any atom is -0.349 e. The summed E-state index contributed by atoms with van der Waals surface area (Å²) in [7, 11) is 0. The van der Waals surface area contributed by atoms with Gasteiger partial charge in [-0.25, -0.2) is 4.39 Å². The second kappa shape index (κ2) is 9.14. The van der Waals surface area contributed by atoms with Crippen molar-refractivity contribution in [2.75, 3.05) is 11.9 Å². The molecule has 2 aliphatic rings. The maximum absolute atomic E-state index is 13.9. The van der Waals surface area contributed by atoms with Crippen LogP contribution in [-0.4, -0.2) is 41.4 Å². The highest BCUT2D eigenvalue weighted by Crippen LogP contribution is 2.34. The maximum atomic E-state index is 13.9. The third kappa shape index (κ3) is 4.82. The predicted octanol–water partition coefficient (Wildman–Crippen LogP) is 4.23. The van der Waals surface area contributed by atoms with E-state index < -0.39 is 5.82 Å². The first-order valence-corrected chi connectivity index (χ1v) is 10.7. The lowest BCUT2D eigenvalue weighted by atomic mass is 9.81. The van der Waals surface area contributed by atoms with Crippen LogP contribution in [0.1, 0.15) is 42.5 Å². The van der Waals surface area contributed by atoms with E-state index in [4.69, 9.17) is 11.6 Å². The first kappa shape index (κ1) is 20.8. The van der Waals surface area contributed by atoms with Gasteiger partial charge in [-0.1, -0.05) is 30.2 Å². The molecule has 158 valence electrons. The molecule has 2 saturated heterocycles. The van der Waals surface area contributed by atoms with Crippen molar-refractivity contribution in [3.63, 3.8) is 0 Å². The lowest BCUT2D eigenvalue weighted by molar-refractivity contribution is -0.120. The molecule has 2 aromatic carbocycles. The molecule has 2 bridgehead atoms. The summed E-state index contributed by atoms with van der Waals surface area (Å²) in [5.41, 5.74) is 0.800. The summed E-state index contributed by atoms with van der Waals surface area (Å²) < 4.78 is 13.9. The second-order valence-corrected chi connectivity index (χ2v) is 8.52. The molecule has 2 aliphatic heterocycles. The zero-order chi connectivity index (χ0) is 21.1. The summed E-state index contributed by atoms with van der Waals surface area (Å²) in [6.45, 7) is 0.325. The van der Waals surface area contributed by atoms with E-state index in [-0.39, 0.29) is 35.5 Å². The Bertz CT molecular complexity index is 907. The first-order valence-electron chi connectivity index (χ1n) is 10.4. The average Bonchev–Trinajstić information content (AvgIpc) is 2.70. The van der Waals surface area contributed by atoms with Gasteiger partial charge >= 0.3 is 0 Å². The van der Waals surface area contributed by atoms with E-state index in [9.17, 15) is 14.0 Å². The minimum atomic E-state index is -0.508. The highest BCUT2D eigenvalue weighted by molar-refractivity contribution is 6.30. The van der Waals surface area contributed by atoms with E-state index in [1.807, 2.05) is 0 Å². The van der Waals surface area contributed by atoms with E-state index >= 15 is 0 Å². The Hall–Kier alpha value is -2.44. The molecule has 2 fully saturated rings. The number of amides is 2. The lowest BCUT2D eigenvalue weighted by Crippen LogP contribution is -2.58. The number of anilines is 1. The molecule has 0 radical (unpaired) electrons. The summed E-state index contributed by atoms with van der Waals surface area (Å²) >= 11 is 5.89. The standard InChI is InChI=1S/C23H25ClFN3O2/c24-15-8-10-16(11-9-15)26-22(29)14-28-18-4-3-5-19(28)13-17(12-18)27-23(30)20-6-1-2-7-21(20)25/h1-2,6-11,17-19H,3-5,12-14H2,(H,26,29)(H,27,30). The van der Waals surface area contributed by atoms with E-state index in [1.54, 1.807) is 36.4 Å². The van der Waals surface area contributed by atoms with Crippen LogP contribution in [0.2, 0.25) is 5.02 Å². The van der Waals surface area contributed by atoms with Gasteiger partial charge < -0.3 is 10.6 Å². The van der Waals surface area contributed by atoms with Crippen molar-refractivity contribution < 1.29 is 14.0 Å². The third-order valence-corrected chi connectivity index (χ3v) is 6.29.